The van der Waals surface area contributed by atoms with Gasteiger partial charge in [-0.15, -0.1) is 0 Å². The summed E-state index contributed by atoms with van der Waals surface area (Å²) in [6.07, 6.45) is 5.51. The Morgan fingerprint density at radius 2 is 1.80 bits per heavy atom. The lowest BCUT2D eigenvalue weighted by Gasteiger charge is -2.07. The number of carbonyl (C=O) groups excluding carboxylic acids is 2. The SMILES string of the molecule is O=C(NCc1ccc(F)c(Cl)c1)c1ccc(-n2cc(CNC(=O)C3CC3)cn2)cc1. The molecule has 0 bridgehead atoms. The van der Waals surface area contributed by atoms with Crippen LogP contribution in [0.25, 0.3) is 5.69 Å². The van der Waals surface area contributed by atoms with Crippen molar-refractivity contribution in [1.82, 2.24) is 20.4 Å². The zero-order chi connectivity index (χ0) is 21.1. The van der Waals surface area contributed by atoms with E-state index in [9.17, 15) is 14.0 Å². The topological polar surface area (TPSA) is 76.0 Å². The van der Waals surface area contributed by atoms with Gasteiger partial charge in [-0.1, -0.05) is 17.7 Å². The van der Waals surface area contributed by atoms with Crippen LogP contribution in [0.2, 0.25) is 5.02 Å². The minimum absolute atomic E-state index is 0.0248. The van der Waals surface area contributed by atoms with Crippen molar-refractivity contribution >= 4 is 23.4 Å². The second-order valence-electron chi connectivity index (χ2n) is 7.26. The Bertz CT molecular complexity index is 1080. The molecule has 8 heteroatoms. The molecule has 1 saturated carbocycles. The van der Waals surface area contributed by atoms with Crippen molar-refractivity contribution in [3.63, 3.8) is 0 Å². The van der Waals surface area contributed by atoms with E-state index >= 15 is 0 Å². The van der Waals surface area contributed by atoms with Gasteiger partial charge in [0.2, 0.25) is 5.91 Å². The van der Waals surface area contributed by atoms with Crippen LogP contribution in [0.1, 0.15) is 34.3 Å². The Morgan fingerprint density at radius 1 is 1.07 bits per heavy atom. The first-order valence-electron chi connectivity index (χ1n) is 9.63. The molecule has 2 aromatic carbocycles. The van der Waals surface area contributed by atoms with Crippen molar-refractivity contribution in [2.45, 2.75) is 25.9 Å². The quantitative estimate of drug-likeness (QED) is 0.605. The van der Waals surface area contributed by atoms with Crippen molar-refractivity contribution in [2.24, 2.45) is 5.92 Å². The molecule has 154 valence electrons. The highest BCUT2D eigenvalue weighted by Gasteiger charge is 2.29. The summed E-state index contributed by atoms with van der Waals surface area (Å²) in [6, 6.07) is 11.3. The van der Waals surface area contributed by atoms with Crippen LogP contribution in [0.5, 0.6) is 0 Å². The first-order chi connectivity index (χ1) is 14.5. The second kappa shape index (κ2) is 8.67. The standard InChI is InChI=1S/C22H20ClFN4O2/c23-19-9-14(1-8-20(19)24)10-25-22(30)17-4-6-18(7-5-17)28-13-15(12-27-28)11-26-21(29)16-2-3-16/h1,4-9,12-13,16H,2-3,10-11H2,(H,25,30)(H,26,29). The van der Waals surface area contributed by atoms with Crippen LogP contribution < -0.4 is 10.6 Å². The Morgan fingerprint density at radius 3 is 2.50 bits per heavy atom. The Balaban J connectivity index is 1.33. The summed E-state index contributed by atoms with van der Waals surface area (Å²) in [4.78, 5) is 24.1. The molecular weight excluding hydrogens is 407 g/mol. The number of hydrogen-bond acceptors (Lipinski definition) is 3. The summed E-state index contributed by atoms with van der Waals surface area (Å²) in [7, 11) is 0. The molecule has 0 atom stereocenters. The van der Waals surface area contributed by atoms with Crippen molar-refractivity contribution in [2.75, 3.05) is 0 Å². The van der Waals surface area contributed by atoms with E-state index in [1.165, 1.54) is 12.1 Å². The van der Waals surface area contributed by atoms with Gasteiger partial charge < -0.3 is 10.6 Å². The van der Waals surface area contributed by atoms with Crippen molar-refractivity contribution in [1.29, 1.82) is 0 Å². The fourth-order valence-electron chi connectivity index (χ4n) is 2.97. The van der Waals surface area contributed by atoms with Gasteiger partial charge >= 0.3 is 0 Å². The highest BCUT2D eigenvalue weighted by Crippen LogP contribution is 2.28. The van der Waals surface area contributed by atoms with Gasteiger partial charge in [0.1, 0.15) is 5.82 Å². The molecule has 1 heterocycles. The third-order valence-corrected chi connectivity index (χ3v) is 5.17. The summed E-state index contributed by atoms with van der Waals surface area (Å²) in [5.41, 5.74) is 2.92. The number of benzene rings is 2. The normalized spacial score (nSPS) is 13.1. The van der Waals surface area contributed by atoms with Crippen LogP contribution in [0, 0.1) is 11.7 Å². The summed E-state index contributed by atoms with van der Waals surface area (Å²) in [5.74, 6) is -0.458. The van der Waals surface area contributed by atoms with Crippen LogP contribution in [-0.2, 0) is 17.9 Å². The number of amides is 2. The van der Waals surface area contributed by atoms with E-state index in [-0.39, 0.29) is 29.3 Å². The van der Waals surface area contributed by atoms with Gasteiger partial charge in [0.15, 0.2) is 0 Å². The Kier molecular flexibility index (Phi) is 5.81. The summed E-state index contributed by atoms with van der Waals surface area (Å²) in [6.45, 7) is 0.693. The predicted octanol–water partition coefficient (Wildman–Crippen LogP) is 3.62. The molecule has 0 radical (unpaired) electrons. The molecular formula is C22H20ClFN4O2. The van der Waals surface area contributed by atoms with Gasteiger partial charge in [0, 0.05) is 36.3 Å². The molecule has 2 N–H and O–H groups in total. The van der Waals surface area contributed by atoms with E-state index in [0.29, 0.717) is 17.7 Å². The lowest BCUT2D eigenvalue weighted by atomic mass is 10.1. The van der Waals surface area contributed by atoms with Crippen LogP contribution >= 0.6 is 11.6 Å². The van der Waals surface area contributed by atoms with Crippen LogP contribution in [0.15, 0.2) is 54.9 Å². The lowest BCUT2D eigenvalue weighted by Crippen LogP contribution is -2.23. The third kappa shape index (κ3) is 4.86. The fourth-order valence-corrected chi connectivity index (χ4v) is 3.17. The highest BCUT2D eigenvalue weighted by atomic mass is 35.5. The Hall–Kier alpha value is -3.19. The summed E-state index contributed by atoms with van der Waals surface area (Å²) >= 11 is 5.76. The smallest absolute Gasteiger partial charge is 0.251 e. The number of halogens is 2. The van der Waals surface area contributed by atoms with E-state index in [0.717, 1.165) is 24.1 Å². The average Bonchev–Trinajstić information content (AvgIpc) is 3.51. The predicted molar refractivity (Wildman–Crippen MR) is 111 cm³/mol. The van der Waals surface area contributed by atoms with Gasteiger partial charge in [0.25, 0.3) is 5.91 Å². The van der Waals surface area contributed by atoms with Crippen molar-refractivity contribution < 1.29 is 14.0 Å². The van der Waals surface area contributed by atoms with Crippen LogP contribution in [0.4, 0.5) is 4.39 Å². The minimum atomic E-state index is -0.491. The van der Waals surface area contributed by atoms with Crippen molar-refractivity contribution in [3.8, 4) is 5.69 Å². The van der Waals surface area contributed by atoms with Gasteiger partial charge in [-0.05, 0) is 54.8 Å². The molecule has 30 heavy (non-hydrogen) atoms. The number of nitrogens with zero attached hydrogens (tertiary/aromatic N) is 2. The van der Waals surface area contributed by atoms with Crippen molar-refractivity contribution in [3.05, 3.63) is 82.4 Å². The molecule has 1 fully saturated rings. The molecule has 0 unspecified atom stereocenters. The first kappa shape index (κ1) is 20.1. The summed E-state index contributed by atoms with van der Waals surface area (Å²) in [5, 5.41) is 10.0. The van der Waals surface area contributed by atoms with E-state index in [1.54, 1.807) is 41.2 Å². The van der Waals surface area contributed by atoms with E-state index < -0.39 is 5.82 Å². The molecule has 0 aliphatic heterocycles. The number of aromatic nitrogens is 2. The molecule has 4 rings (SSSR count). The minimum Gasteiger partial charge on any atom is -0.352 e. The molecule has 6 nitrogen and oxygen atoms in total. The average molecular weight is 427 g/mol. The number of carbonyl (C=O) groups is 2. The van der Waals surface area contributed by atoms with E-state index in [4.69, 9.17) is 11.6 Å². The largest absolute Gasteiger partial charge is 0.352 e. The second-order valence-corrected chi connectivity index (χ2v) is 7.67. The van der Waals surface area contributed by atoms with E-state index in [1.807, 2.05) is 6.20 Å². The molecule has 1 aliphatic rings. The molecule has 3 aromatic rings. The number of nitrogens with one attached hydrogen (secondary N) is 2. The van der Waals surface area contributed by atoms with Crippen LogP contribution in [-0.4, -0.2) is 21.6 Å². The van der Waals surface area contributed by atoms with Gasteiger partial charge in [-0.3, -0.25) is 9.59 Å². The zero-order valence-corrected chi connectivity index (χ0v) is 16.8. The lowest BCUT2D eigenvalue weighted by molar-refractivity contribution is -0.122. The first-order valence-corrected chi connectivity index (χ1v) is 10.0. The molecule has 1 aliphatic carbocycles. The van der Waals surface area contributed by atoms with Gasteiger partial charge in [-0.25, -0.2) is 9.07 Å². The maximum atomic E-state index is 13.2. The van der Waals surface area contributed by atoms with Gasteiger partial charge in [-0.2, -0.15) is 5.10 Å². The molecule has 2 amide bonds. The maximum absolute atomic E-state index is 13.2. The monoisotopic (exact) mass is 426 g/mol. The number of hydrogen-bond donors (Lipinski definition) is 2. The number of rotatable bonds is 7. The van der Waals surface area contributed by atoms with E-state index in [2.05, 4.69) is 15.7 Å². The Labute approximate surface area is 178 Å². The molecule has 0 spiro atoms. The van der Waals surface area contributed by atoms with Gasteiger partial charge in [0.05, 0.1) is 16.9 Å². The van der Waals surface area contributed by atoms with Crippen LogP contribution in [0.3, 0.4) is 0 Å². The molecule has 0 saturated heterocycles. The highest BCUT2D eigenvalue weighted by molar-refractivity contribution is 6.30. The molecule has 1 aromatic heterocycles. The summed E-state index contributed by atoms with van der Waals surface area (Å²) < 4.78 is 14.9. The zero-order valence-electron chi connectivity index (χ0n) is 16.1. The maximum Gasteiger partial charge on any atom is 0.251 e. The fraction of sp³-hybridized carbons (Fsp3) is 0.227. The third-order valence-electron chi connectivity index (χ3n) is 4.88.